The van der Waals surface area contributed by atoms with Gasteiger partial charge in [-0.2, -0.15) is 0 Å². The molecule has 0 aromatic heterocycles. The Bertz CT molecular complexity index is 125. The first-order valence-corrected chi connectivity index (χ1v) is 3.34. The summed E-state index contributed by atoms with van der Waals surface area (Å²) in [6, 6.07) is 0. The zero-order valence-electron chi connectivity index (χ0n) is 6.86. The Morgan fingerprint density at radius 1 is 1.33 bits per heavy atom. The van der Waals surface area contributed by atoms with Gasteiger partial charge in [0.25, 0.3) is 0 Å². The van der Waals surface area contributed by atoms with Crippen molar-refractivity contribution in [3.8, 4) is 0 Å². The van der Waals surface area contributed by atoms with Crippen LogP contribution in [0.15, 0.2) is 23.8 Å². The van der Waals surface area contributed by atoms with Crippen molar-refractivity contribution in [3.05, 3.63) is 23.8 Å². The second kappa shape index (κ2) is 3.49. The van der Waals surface area contributed by atoms with Crippen LogP contribution in [-0.2, 0) is 0 Å². The molecule has 0 fully saturated rings. The Hall–Kier alpha value is -0.520. The Morgan fingerprint density at radius 3 is 1.89 bits per heavy atom. The summed E-state index contributed by atoms with van der Waals surface area (Å²) in [6.45, 7) is 12.3. The first-order chi connectivity index (χ1) is 4.04. The van der Waals surface area contributed by atoms with Crippen LogP contribution < -0.4 is 0 Å². The highest BCUT2D eigenvalue weighted by Gasteiger charge is 1.94. The van der Waals surface area contributed by atoms with E-state index in [0.717, 1.165) is 0 Å². The maximum atomic E-state index is 3.86. The first kappa shape index (κ1) is 8.48. The van der Waals surface area contributed by atoms with Crippen molar-refractivity contribution in [3.63, 3.8) is 0 Å². The number of allylic oxidation sites excluding steroid dienone is 3. The monoisotopic (exact) mass is 124 g/mol. The van der Waals surface area contributed by atoms with Crippen LogP contribution in [0.25, 0.3) is 0 Å². The van der Waals surface area contributed by atoms with E-state index >= 15 is 0 Å². The second-order valence-electron chi connectivity index (χ2n) is 2.88. The predicted molar refractivity (Wildman–Crippen MR) is 43.4 cm³/mol. The Kier molecular flexibility index (Phi) is 3.29. The highest BCUT2D eigenvalue weighted by atomic mass is 14.0. The third-order valence-electron chi connectivity index (χ3n) is 1.36. The van der Waals surface area contributed by atoms with E-state index in [1.807, 2.05) is 0 Å². The molecule has 0 aliphatic carbocycles. The molecular formula is C9H16. The molecule has 0 aromatic carbocycles. The van der Waals surface area contributed by atoms with Gasteiger partial charge < -0.3 is 0 Å². The van der Waals surface area contributed by atoms with Crippen molar-refractivity contribution in [1.82, 2.24) is 0 Å². The van der Waals surface area contributed by atoms with Gasteiger partial charge in [-0.1, -0.05) is 30.7 Å². The smallest absolute Gasteiger partial charge is 0.00546 e. The van der Waals surface area contributed by atoms with E-state index in [-0.39, 0.29) is 0 Å². The molecule has 0 aliphatic rings. The molecule has 0 rings (SSSR count). The molecule has 9 heavy (non-hydrogen) atoms. The van der Waals surface area contributed by atoms with Gasteiger partial charge in [0.2, 0.25) is 0 Å². The van der Waals surface area contributed by atoms with Crippen LogP contribution in [0, 0.1) is 5.92 Å². The van der Waals surface area contributed by atoms with Crippen LogP contribution in [0.2, 0.25) is 0 Å². The minimum Gasteiger partial charge on any atom is -0.0996 e. The van der Waals surface area contributed by atoms with Gasteiger partial charge in [0.1, 0.15) is 0 Å². The molecule has 0 heteroatoms. The van der Waals surface area contributed by atoms with Crippen LogP contribution in [0.3, 0.4) is 0 Å². The zero-order chi connectivity index (χ0) is 7.44. The van der Waals surface area contributed by atoms with Gasteiger partial charge in [-0.05, 0) is 26.7 Å². The van der Waals surface area contributed by atoms with Gasteiger partial charge in [0.05, 0.1) is 0 Å². The average molecular weight is 124 g/mol. The molecule has 0 aliphatic heterocycles. The lowest BCUT2D eigenvalue weighted by Gasteiger charge is -2.04. The highest BCUT2D eigenvalue weighted by Crippen LogP contribution is 2.10. The molecule has 0 radical (unpaired) electrons. The van der Waals surface area contributed by atoms with Crippen molar-refractivity contribution in [2.45, 2.75) is 27.7 Å². The summed E-state index contributed by atoms with van der Waals surface area (Å²) in [5.74, 6) is 0.537. The van der Waals surface area contributed by atoms with E-state index in [0.29, 0.717) is 5.92 Å². The summed E-state index contributed by atoms with van der Waals surface area (Å²) in [5, 5.41) is 0. The van der Waals surface area contributed by atoms with Crippen LogP contribution in [0.1, 0.15) is 27.7 Å². The van der Waals surface area contributed by atoms with E-state index in [9.17, 15) is 0 Å². The fourth-order valence-electron chi connectivity index (χ4n) is 0.642. The average Bonchev–Trinajstić information content (AvgIpc) is 1.63. The van der Waals surface area contributed by atoms with Crippen LogP contribution in [0.4, 0.5) is 0 Å². The lowest BCUT2D eigenvalue weighted by molar-refractivity contribution is 0.857. The fraction of sp³-hybridized carbons (Fsp3) is 0.556. The molecule has 0 spiro atoms. The van der Waals surface area contributed by atoms with Gasteiger partial charge in [-0.3, -0.25) is 0 Å². The fourth-order valence-corrected chi connectivity index (χ4v) is 0.642. The summed E-state index contributed by atoms with van der Waals surface area (Å²) < 4.78 is 0. The molecule has 0 aromatic rings. The van der Waals surface area contributed by atoms with Gasteiger partial charge in [-0.25, -0.2) is 0 Å². The van der Waals surface area contributed by atoms with E-state index in [1.165, 1.54) is 11.1 Å². The molecular weight excluding hydrogens is 108 g/mol. The Morgan fingerprint density at radius 2 is 1.78 bits per heavy atom. The van der Waals surface area contributed by atoms with Crippen LogP contribution in [-0.4, -0.2) is 0 Å². The van der Waals surface area contributed by atoms with E-state index < -0.39 is 0 Å². The van der Waals surface area contributed by atoms with Gasteiger partial charge in [0.15, 0.2) is 0 Å². The van der Waals surface area contributed by atoms with E-state index in [2.05, 4.69) is 40.3 Å². The maximum Gasteiger partial charge on any atom is -0.00546 e. The molecule has 1 unspecified atom stereocenters. The van der Waals surface area contributed by atoms with E-state index in [1.54, 1.807) is 0 Å². The molecule has 0 bridgehead atoms. The van der Waals surface area contributed by atoms with Crippen molar-refractivity contribution in [2.24, 2.45) is 5.92 Å². The Balaban J connectivity index is 3.91. The third kappa shape index (κ3) is 4.01. The number of hydrogen-bond acceptors (Lipinski definition) is 0. The lowest BCUT2D eigenvalue weighted by Crippen LogP contribution is -1.89. The lowest BCUT2D eigenvalue weighted by atomic mass is 10.0. The molecule has 0 nitrogen and oxygen atoms in total. The molecule has 0 saturated carbocycles. The SMILES string of the molecule is C=C(C)C(C)C=C(C)C. The second-order valence-corrected chi connectivity index (χ2v) is 2.88. The van der Waals surface area contributed by atoms with Crippen molar-refractivity contribution in [2.75, 3.05) is 0 Å². The highest BCUT2D eigenvalue weighted by molar-refractivity contribution is 5.08. The Labute approximate surface area is 58.3 Å². The van der Waals surface area contributed by atoms with Crippen LogP contribution in [0.5, 0.6) is 0 Å². The van der Waals surface area contributed by atoms with Gasteiger partial charge >= 0.3 is 0 Å². The summed E-state index contributed by atoms with van der Waals surface area (Å²) in [4.78, 5) is 0. The summed E-state index contributed by atoms with van der Waals surface area (Å²) >= 11 is 0. The number of hydrogen-bond donors (Lipinski definition) is 0. The van der Waals surface area contributed by atoms with Gasteiger partial charge in [0, 0.05) is 0 Å². The number of rotatable bonds is 2. The van der Waals surface area contributed by atoms with Gasteiger partial charge in [-0.15, -0.1) is 0 Å². The summed E-state index contributed by atoms with van der Waals surface area (Å²) in [6.07, 6.45) is 2.22. The maximum absolute atomic E-state index is 3.86. The largest absolute Gasteiger partial charge is 0.0996 e. The minimum absolute atomic E-state index is 0.537. The molecule has 1 atom stereocenters. The summed E-state index contributed by atoms with van der Waals surface area (Å²) in [7, 11) is 0. The topological polar surface area (TPSA) is 0 Å². The van der Waals surface area contributed by atoms with E-state index in [4.69, 9.17) is 0 Å². The standard InChI is InChI=1S/C9H16/c1-7(2)6-9(5)8(3)4/h6,9H,3H2,1-2,4-5H3. The molecule has 0 amide bonds. The van der Waals surface area contributed by atoms with Crippen molar-refractivity contribution >= 4 is 0 Å². The van der Waals surface area contributed by atoms with Crippen molar-refractivity contribution < 1.29 is 0 Å². The molecule has 0 saturated heterocycles. The predicted octanol–water partition coefficient (Wildman–Crippen LogP) is 3.16. The first-order valence-electron chi connectivity index (χ1n) is 3.34. The molecule has 0 N–H and O–H groups in total. The summed E-state index contributed by atoms with van der Waals surface area (Å²) in [5.41, 5.74) is 2.60. The minimum atomic E-state index is 0.537. The molecule has 52 valence electrons. The van der Waals surface area contributed by atoms with Crippen LogP contribution >= 0.6 is 0 Å². The zero-order valence-corrected chi connectivity index (χ0v) is 6.86. The normalized spacial score (nSPS) is 12.4. The molecule has 0 heterocycles. The third-order valence-corrected chi connectivity index (χ3v) is 1.36. The van der Waals surface area contributed by atoms with Crippen molar-refractivity contribution in [1.29, 1.82) is 0 Å². The quantitative estimate of drug-likeness (QED) is 0.496.